The van der Waals surface area contributed by atoms with Gasteiger partial charge in [-0.3, -0.25) is 4.79 Å². The van der Waals surface area contributed by atoms with Crippen LogP contribution in [0, 0.1) is 6.92 Å². The second kappa shape index (κ2) is 11.5. The molecule has 158 valence electrons. The van der Waals surface area contributed by atoms with E-state index in [-0.39, 0.29) is 24.0 Å². The SMILES string of the molecule is CCC(NC1CCCCC1)C(CNc1ncc(C)cc1C(=O)CC(C)N)OC. The zero-order valence-electron chi connectivity index (χ0n) is 18.0. The summed E-state index contributed by atoms with van der Waals surface area (Å²) in [6, 6.07) is 2.57. The molecule has 1 aliphatic rings. The summed E-state index contributed by atoms with van der Waals surface area (Å²) in [6.45, 7) is 6.58. The molecule has 0 aliphatic heterocycles. The van der Waals surface area contributed by atoms with Crippen molar-refractivity contribution < 1.29 is 9.53 Å². The van der Waals surface area contributed by atoms with Gasteiger partial charge >= 0.3 is 0 Å². The minimum absolute atomic E-state index is 0.00594. The Balaban J connectivity index is 2.04. The van der Waals surface area contributed by atoms with E-state index in [1.54, 1.807) is 13.3 Å². The highest BCUT2D eigenvalue weighted by atomic mass is 16.5. The lowest BCUT2D eigenvalue weighted by atomic mass is 9.94. The van der Waals surface area contributed by atoms with Gasteiger partial charge in [-0.1, -0.05) is 26.2 Å². The molecule has 1 aliphatic carbocycles. The molecule has 6 nitrogen and oxygen atoms in total. The van der Waals surface area contributed by atoms with E-state index >= 15 is 0 Å². The number of anilines is 1. The Kier molecular flexibility index (Phi) is 9.35. The molecule has 28 heavy (non-hydrogen) atoms. The third-order valence-electron chi connectivity index (χ3n) is 5.55. The summed E-state index contributed by atoms with van der Waals surface area (Å²) in [7, 11) is 1.75. The molecule has 1 aromatic heterocycles. The Bertz CT molecular complexity index is 615. The maximum Gasteiger partial charge on any atom is 0.168 e. The first-order valence-corrected chi connectivity index (χ1v) is 10.7. The minimum Gasteiger partial charge on any atom is -0.378 e. The molecule has 0 spiro atoms. The van der Waals surface area contributed by atoms with Gasteiger partial charge in [0.1, 0.15) is 5.82 Å². The largest absolute Gasteiger partial charge is 0.378 e. The van der Waals surface area contributed by atoms with Crippen LogP contribution in [-0.2, 0) is 4.74 Å². The lowest BCUT2D eigenvalue weighted by Gasteiger charge is -2.32. The van der Waals surface area contributed by atoms with Gasteiger partial charge in [-0.15, -0.1) is 0 Å². The second-order valence-corrected chi connectivity index (χ2v) is 8.18. The average Bonchev–Trinajstić information content (AvgIpc) is 2.68. The van der Waals surface area contributed by atoms with Crippen molar-refractivity contribution >= 4 is 11.6 Å². The lowest BCUT2D eigenvalue weighted by molar-refractivity contribution is 0.0698. The summed E-state index contributed by atoms with van der Waals surface area (Å²) in [6.07, 6.45) is 9.55. The molecular formula is C22H38N4O2. The van der Waals surface area contributed by atoms with Crippen molar-refractivity contribution in [2.24, 2.45) is 5.73 Å². The van der Waals surface area contributed by atoms with Crippen LogP contribution in [0.2, 0.25) is 0 Å². The van der Waals surface area contributed by atoms with Gasteiger partial charge in [-0.2, -0.15) is 0 Å². The fourth-order valence-corrected chi connectivity index (χ4v) is 3.97. The molecule has 1 heterocycles. The number of nitrogens with one attached hydrogen (secondary N) is 2. The number of hydrogen-bond donors (Lipinski definition) is 3. The first kappa shape index (κ1) is 22.8. The van der Waals surface area contributed by atoms with Crippen molar-refractivity contribution in [2.75, 3.05) is 19.0 Å². The number of pyridine rings is 1. The van der Waals surface area contributed by atoms with Crippen molar-refractivity contribution in [3.63, 3.8) is 0 Å². The molecule has 1 aromatic rings. The summed E-state index contributed by atoms with van der Waals surface area (Å²) >= 11 is 0. The highest BCUT2D eigenvalue weighted by Crippen LogP contribution is 2.20. The normalized spacial score (nSPS) is 18.5. The van der Waals surface area contributed by atoms with Crippen molar-refractivity contribution in [3.8, 4) is 0 Å². The lowest BCUT2D eigenvalue weighted by Crippen LogP contribution is -2.49. The third kappa shape index (κ3) is 6.83. The molecule has 0 radical (unpaired) electrons. The zero-order valence-corrected chi connectivity index (χ0v) is 18.0. The Hall–Kier alpha value is -1.50. The molecule has 0 aromatic carbocycles. The first-order chi connectivity index (χ1) is 13.4. The van der Waals surface area contributed by atoms with Crippen LogP contribution >= 0.6 is 0 Å². The number of hydrogen-bond acceptors (Lipinski definition) is 6. The van der Waals surface area contributed by atoms with Crippen molar-refractivity contribution in [3.05, 3.63) is 23.4 Å². The Morgan fingerprint density at radius 1 is 1.36 bits per heavy atom. The predicted octanol–water partition coefficient (Wildman–Crippen LogP) is 3.44. The summed E-state index contributed by atoms with van der Waals surface area (Å²) in [4.78, 5) is 17.1. The Morgan fingerprint density at radius 3 is 2.68 bits per heavy atom. The topological polar surface area (TPSA) is 89.3 Å². The molecule has 3 unspecified atom stereocenters. The predicted molar refractivity (Wildman–Crippen MR) is 115 cm³/mol. The molecule has 0 bridgehead atoms. The van der Waals surface area contributed by atoms with Crippen LogP contribution in [-0.4, -0.2) is 48.7 Å². The average molecular weight is 391 g/mol. The highest BCUT2D eigenvalue weighted by molar-refractivity contribution is 6.00. The smallest absolute Gasteiger partial charge is 0.168 e. The zero-order chi connectivity index (χ0) is 20.5. The van der Waals surface area contributed by atoms with Crippen LogP contribution in [0.25, 0.3) is 0 Å². The number of nitrogens with zero attached hydrogens (tertiary/aromatic N) is 1. The number of aromatic nitrogens is 1. The third-order valence-corrected chi connectivity index (χ3v) is 5.55. The van der Waals surface area contributed by atoms with Gasteiger partial charge in [0, 0.05) is 44.4 Å². The van der Waals surface area contributed by atoms with Crippen molar-refractivity contribution in [1.82, 2.24) is 10.3 Å². The fourth-order valence-electron chi connectivity index (χ4n) is 3.97. The number of nitrogens with two attached hydrogens (primary N) is 1. The maximum atomic E-state index is 12.6. The number of carbonyl (C=O) groups excluding carboxylic acids is 1. The molecule has 0 amide bonds. The van der Waals surface area contributed by atoms with Gasteiger partial charge in [-0.25, -0.2) is 4.98 Å². The van der Waals surface area contributed by atoms with Gasteiger partial charge in [0.2, 0.25) is 0 Å². The molecule has 1 saturated carbocycles. The molecule has 3 atom stereocenters. The van der Waals surface area contributed by atoms with Crippen molar-refractivity contribution in [1.29, 1.82) is 0 Å². The fraction of sp³-hybridized carbons (Fsp3) is 0.727. The standard InChI is InChI=1S/C22H38N4O2/c1-5-19(26-17-9-7-6-8-10-17)21(28-4)14-25-22-18(11-15(2)13-24-22)20(27)12-16(3)23/h11,13,16-17,19,21,26H,5-10,12,14,23H2,1-4H3,(H,24,25). The van der Waals surface area contributed by atoms with Crippen LogP contribution in [0.5, 0.6) is 0 Å². The number of ether oxygens (including phenoxy) is 1. The van der Waals surface area contributed by atoms with Crippen LogP contribution in [0.1, 0.15) is 74.7 Å². The van der Waals surface area contributed by atoms with Crippen LogP contribution in [0.3, 0.4) is 0 Å². The van der Waals surface area contributed by atoms with Crippen molar-refractivity contribution in [2.45, 2.75) is 89.9 Å². The summed E-state index contributed by atoms with van der Waals surface area (Å²) in [5.41, 5.74) is 7.40. The molecule has 1 fully saturated rings. The summed E-state index contributed by atoms with van der Waals surface area (Å²) in [5, 5.41) is 7.16. The van der Waals surface area contributed by atoms with E-state index in [1.807, 2.05) is 19.9 Å². The van der Waals surface area contributed by atoms with Crippen LogP contribution < -0.4 is 16.4 Å². The van der Waals surface area contributed by atoms with Gasteiger partial charge in [0.15, 0.2) is 5.78 Å². The van der Waals surface area contributed by atoms with E-state index in [2.05, 4.69) is 22.5 Å². The molecule has 0 saturated heterocycles. The van der Waals surface area contributed by atoms with E-state index in [1.165, 1.54) is 32.1 Å². The Morgan fingerprint density at radius 2 is 2.07 bits per heavy atom. The quantitative estimate of drug-likeness (QED) is 0.502. The van der Waals surface area contributed by atoms with E-state index < -0.39 is 0 Å². The van der Waals surface area contributed by atoms with E-state index in [4.69, 9.17) is 10.5 Å². The maximum absolute atomic E-state index is 12.6. The van der Waals surface area contributed by atoms with E-state index in [0.29, 0.717) is 30.4 Å². The van der Waals surface area contributed by atoms with Gasteiger partial charge in [-0.05, 0) is 44.7 Å². The molecule has 4 N–H and O–H groups in total. The second-order valence-electron chi connectivity index (χ2n) is 8.18. The minimum atomic E-state index is -0.170. The van der Waals surface area contributed by atoms with Gasteiger partial charge in [0.05, 0.1) is 11.7 Å². The monoisotopic (exact) mass is 390 g/mol. The summed E-state index contributed by atoms with van der Waals surface area (Å²) in [5.74, 6) is 0.640. The molecule has 2 rings (SSSR count). The van der Waals surface area contributed by atoms with Gasteiger partial charge < -0.3 is 21.1 Å². The Labute approximate surface area is 170 Å². The van der Waals surface area contributed by atoms with Gasteiger partial charge in [0.25, 0.3) is 0 Å². The number of methoxy groups -OCH3 is 1. The number of Topliss-reactive ketones (excluding diaryl/α,β-unsaturated/α-hetero) is 1. The number of rotatable bonds is 11. The van der Waals surface area contributed by atoms with Crippen LogP contribution in [0.4, 0.5) is 5.82 Å². The summed E-state index contributed by atoms with van der Waals surface area (Å²) < 4.78 is 5.80. The highest BCUT2D eigenvalue weighted by Gasteiger charge is 2.24. The number of aryl methyl sites for hydroxylation is 1. The van der Waals surface area contributed by atoms with Crippen LogP contribution in [0.15, 0.2) is 12.3 Å². The van der Waals surface area contributed by atoms with E-state index in [9.17, 15) is 4.79 Å². The number of carbonyl (C=O) groups is 1. The molecular weight excluding hydrogens is 352 g/mol. The van der Waals surface area contributed by atoms with E-state index in [0.717, 1.165) is 12.0 Å². The first-order valence-electron chi connectivity index (χ1n) is 10.7. The number of ketones is 1. The molecule has 6 heteroatoms.